The zero-order valence-corrected chi connectivity index (χ0v) is 15.2. The van der Waals surface area contributed by atoms with Gasteiger partial charge in [-0.05, 0) is 0 Å². The summed E-state index contributed by atoms with van der Waals surface area (Å²) >= 11 is 0. The van der Waals surface area contributed by atoms with Crippen molar-refractivity contribution in [2.75, 3.05) is 0 Å². The first-order valence-electron chi connectivity index (χ1n) is 8.33. The average molecular weight is 372 g/mol. The van der Waals surface area contributed by atoms with Gasteiger partial charge >= 0.3 is 156 Å². The summed E-state index contributed by atoms with van der Waals surface area (Å²) < 4.78 is 40.1. The van der Waals surface area contributed by atoms with Crippen molar-refractivity contribution in [2.24, 2.45) is 0 Å². The molecule has 0 radical (unpaired) electrons. The van der Waals surface area contributed by atoms with E-state index in [1.807, 2.05) is 6.92 Å². The predicted molar refractivity (Wildman–Crippen MR) is 104 cm³/mol. The number of nitrogens with one attached hydrogen (secondary N) is 3. The Morgan fingerprint density at radius 2 is 1.85 bits per heavy atom. The number of allylic oxidation sites excluding steroid dienone is 4. The number of rotatable bonds is 5. The molecular formula is C19H20BF3N4. The SMILES string of the molecule is B=C1C=C(NC(=N)N(/C=C/CC)Cc2cc(F)c(F)c(F)c2)C(C)=CC1=N. The Morgan fingerprint density at radius 1 is 1.22 bits per heavy atom. The number of hydrogen-bond donors (Lipinski definition) is 3. The number of halogens is 3. The van der Waals surface area contributed by atoms with Gasteiger partial charge in [0.25, 0.3) is 0 Å². The van der Waals surface area contributed by atoms with Crippen molar-refractivity contribution in [3.63, 3.8) is 0 Å². The van der Waals surface area contributed by atoms with Crippen LogP contribution in [-0.4, -0.2) is 29.5 Å². The van der Waals surface area contributed by atoms with E-state index in [1.54, 1.807) is 31.4 Å². The van der Waals surface area contributed by atoms with Crippen molar-refractivity contribution in [2.45, 2.75) is 26.8 Å². The Balaban J connectivity index is 2.23. The van der Waals surface area contributed by atoms with E-state index in [9.17, 15) is 13.2 Å². The van der Waals surface area contributed by atoms with E-state index in [-0.39, 0.29) is 18.1 Å². The summed E-state index contributed by atoms with van der Waals surface area (Å²) in [6.07, 6.45) is 7.40. The van der Waals surface area contributed by atoms with Crippen LogP contribution in [0.3, 0.4) is 0 Å². The Hall–Kier alpha value is -2.90. The van der Waals surface area contributed by atoms with E-state index in [0.717, 1.165) is 17.7 Å². The molecule has 0 unspecified atom stereocenters. The third-order valence-electron chi connectivity index (χ3n) is 3.91. The zero-order valence-electron chi connectivity index (χ0n) is 15.2. The molecule has 1 aromatic carbocycles. The van der Waals surface area contributed by atoms with Crippen molar-refractivity contribution in [1.82, 2.24) is 10.2 Å². The molecule has 0 bridgehead atoms. The van der Waals surface area contributed by atoms with Crippen LogP contribution in [0.5, 0.6) is 0 Å². The fraction of sp³-hybridized carbons (Fsp3) is 0.211. The van der Waals surface area contributed by atoms with Gasteiger partial charge in [-0.2, -0.15) is 0 Å². The van der Waals surface area contributed by atoms with Gasteiger partial charge < -0.3 is 0 Å². The third-order valence-corrected chi connectivity index (χ3v) is 3.91. The van der Waals surface area contributed by atoms with Crippen LogP contribution in [0.2, 0.25) is 0 Å². The van der Waals surface area contributed by atoms with Gasteiger partial charge in [0.05, 0.1) is 0 Å². The van der Waals surface area contributed by atoms with E-state index < -0.39 is 17.5 Å². The van der Waals surface area contributed by atoms with Crippen molar-refractivity contribution in [3.8, 4) is 0 Å². The van der Waals surface area contributed by atoms with Crippen LogP contribution < -0.4 is 5.32 Å². The van der Waals surface area contributed by atoms with E-state index >= 15 is 0 Å². The number of guanidine groups is 1. The third kappa shape index (κ3) is 5.06. The molecule has 0 amide bonds. The molecule has 2 rings (SSSR count). The van der Waals surface area contributed by atoms with Gasteiger partial charge in [0.2, 0.25) is 0 Å². The van der Waals surface area contributed by atoms with Gasteiger partial charge in [0.15, 0.2) is 0 Å². The van der Waals surface area contributed by atoms with E-state index in [1.165, 1.54) is 4.90 Å². The Bertz CT molecular complexity index is 864. The number of benzene rings is 1. The second-order valence-electron chi connectivity index (χ2n) is 6.09. The Kier molecular flexibility index (Phi) is 6.55. The summed E-state index contributed by atoms with van der Waals surface area (Å²) in [5, 5.41) is 19.0. The molecule has 0 aliphatic heterocycles. The number of nitrogens with zero attached hydrogens (tertiary/aromatic N) is 1. The topological polar surface area (TPSA) is 63.0 Å². The summed E-state index contributed by atoms with van der Waals surface area (Å²) in [6, 6.07) is 1.82. The van der Waals surface area contributed by atoms with Gasteiger partial charge in [-0.15, -0.1) is 0 Å². The van der Waals surface area contributed by atoms with Crippen molar-refractivity contribution in [3.05, 3.63) is 70.8 Å². The van der Waals surface area contributed by atoms with Gasteiger partial charge in [0, 0.05) is 0 Å². The number of hydrogen-bond acceptors (Lipinski definition) is 2. The maximum atomic E-state index is 13.5. The summed E-state index contributed by atoms with van der Waals surface area (Å²) in [5.41, 5.74) is 2.36. The molecule has 4 nitrogen and oxygen atoms in total. The second kappa shape index (κ2) is 8.66. The van der Waals surface area contributed by atoms with Crippen LogP contribution in [0.15, 0.2) is 47.8 Å². The van der Waals surface area contributed by atoms with Crippen LogP contribution in [-0.2, 0) is 6.54 Å². The second-order valence-corrected chi connectivity index (χ2v) is 6.09. The zero-order chi connectivity index (χ0) is 20.1. The van der Waals surface area contributed by atoms with Gasteiger partial charge in [-0.1, -0.05) is 0 Å². The molecule has 0 saturated heterocycles. The van der Waals surface area contributed by atoms with Gasteiger partial charge in [-0.3, -0.25) is 0 Å². The summed E-state index contributed by atoms with van der Waals surface area (Å²) in [5.74, 6) is -4.10. The summed E-state index contributed by atoms with van der Waals surface area (Å²) in [6.45, 7) is 3.68. The molecule has 0 saturated carbocycles. The predicted octanol–water partition coefficient (Wildman–Crippen LogP) is 3.29. The van der Waals surface area contributed by atoms with Gasteiger partial charge in [-0.25, -0.2) is 0 Å². The van der Waals surface area contributed by atoms with Crippen molar-refractivity contribution < 1.29 is 13.2 Å². The molecule has 1 aromatic rings. The van der Waals surface area contributed by atoms with Gasteiger partial charge in [0.1, 0.15) is 0 Å². The quantitative estimate of drug-likeness (QED) is 0.322. The first-order chi connectivity index (χ1) is 12.7. The molecule has 0 fully saturated rings. The summed E-state index contributed by atoms with van der Waals surface area (Å²) in [4.78, 5) is 1.45. The van der Waals surface area contributed by atoms with E-state index in [4.69, 9.17) is 10.8 Å². The van der Waals surface area contributed by atoms with Crippen LogP contribution in [0.4, 0.5) is 13.2 Å². The van der Waals surface area contributed by atoms with Crippen LogP contribution in [0.25, 0.3) is 0 Å². The molecule has 1 aliphatic carbocycles. The molecule has 1 aliphatic rings. The maximum absolute atomic E-state index is 13.5. The van der Waals surface area contributed by atoms with E-state index in [2.05, 4.69) is 12.8 Å². The first kappa shape index (κ1) is 20.4. The molecule has 0 heterocycles. The normalized spacial score (nSPS) is 14.2. The molecule has 3 N–H and O–H groups in total. The molecular weight excluding hydrogens is 352 g/mol. The van der Waals surface area contributed by atoms with Crippen molar-refractivity contribution in [1.29, 1.82) is 10.8 Å². The minimum absolute atomic E-state index is 0.0245. The standard InChI is InChI=1S/C19H20BF3N4/c1-3-4-5-27(10-12-7-14(21)18(23)15(22)8-12)19(25)26-17-9-13(20)16(24)6-11(17)2/h4-9,20,24H,3,10H2,1-2H3,(H2,25,26)/b5-4+,24-16?. The monoisotopic (exact) mass is 372 g/mol. The average Bonchev–Trinajstić information content (AvgIpc) is 2.60. The van der Waals surface area contributed by atoms with E-state index in [0.29, 0.717) is 23.3 Å². The molecule has 0 aromatic heterocycles. The van der Waals surface area contributed by atoms with Crippen molar-refractivity contribution >= 4 is 24.6 Å². The van der Waals surface area contributed by atoms with Crippen LogP contribution in [0.1, 0.15) is 25.8 Å². The molecule has 0 spiro atoms. The summed E-state index contributed by atoms with van der Waals surface area (Å²) in [7, 11) is 3.77. The molecule has 140 valence electrons. The Labute approximate surface area is 157 Å². The fourth-order valence-corrected chi connectivity index (χ4v) is 2.42. The minimum atomic E-state index is -1.52. The van der Waals surface area contributed by atoms with Crippen LogP contribution in [0, 0.1) is 28.3 Å². The molecule has 8 heteroatoms. The fourth-order valence-electron chi connectivity index (χ4n) is 2.42. The Morgan fingerprint density at radius 3 is 2.44 bits per heavy atom. The van der Waals surface area contributed by atoms with Crippen LogP contribution >= 0.6 is 0 Å². The molecule has 0 atom stereocenters. The molecule has 27 heavy (non-hydrogen) atoms. The first-order valence-corrected chi connectivity index (χ1v) is 8.33.